The summed E-state index contributed by atoms with van der Waals surface area (Å²) in [5, 5.41) is 2.73. The van der Waals surface area contributed by atoms with Crippen molar-refractivity contribution in [1.82, 2.24) is 10.3 Å². The zero-order valence-electron chi connectivity index (χ0n) is 21.7. The van der Waals surface area contributed by atoms with Crippen molar-refractivity contribution in [3.05, 3.63) is 69.3 Å². The van der Waals surface area contributed by atoms with E-state index < -0.39 is 33.8 Å². The summed E-state index contributed by atoms with van der Waals surface area (Å²) in [6.07, 6.45) is -2.86. The van der Waals surface area contributed by atoms with Gasteiger partial charge >= 0.3 is 12.1 Å². The normalized spacial score (nSPS) is 14.2. The fourth-order valence-electron chi connectivity index (χ4n) is 3.82. The Morgan fingerprint density at radius 2 is 1.74 bits per heavy atom. The van der Waals surface area contributed by atoms with Gasteiger partial charge in [-0.15, -0.1) is 0 Å². The maximum atomic E-state index is 13.0. The van der Waals surface area contributed by atoms with Gasteiger partial charge in [0.2, 0.25) is 5.88 Å². The molecule has 0 aliphatic carbocycles. The highest BCUT2D eigenvalue weighted by Gasteiger charge is 2.42. The number of esters is 1. The number of carbonyl (C=O) groups is 2. The van der Waals surface area contributed by atoms with E-state index in [2.05, 4.69) is 19.8 Å². The van der Waals surface area contributed by atoms with E-state index in [1.165, 1.54) is 24.3 Å². The van der Waals surface area contributed by atoms with Crippen LogP contribution in [0.15, 0.2) is 53.6 Å². The lowest BCUT2D eigenvalue weighted by Gasteiger charge is -2.22. The number of benzene rings is 2. The van der Waals surface area contributed by atoms with Crippen LogP contribution in [0.4, 0.5) is 18.9 Å². The molecule has 10 nitrogen and oxygen atoms in total. The van der Waals surface area contributed by atoms with E-state index in [1.807, 2.05) is 0 Å². The van der Waals surface area contributed by atoms with Crippen LogP contribution in [0, 0.1) is 5.92 Å². The van der Waals surface area contributed by atoms with Gasteiger partial charge in [-0.1, -0.05) is 34.8 Å². The molecule has 1 amide bonds. The number of nitrogens with one attached hydrogen (secondary N) is 2. The second-order valence-corrected chi connectivity index (χ2v) is 12.0. The monoisotopic (exact) mass is 681 g/mol. The first-order chi connectivity index (χ1) is 20.2. The maximum Gasteiger partial charge on any atom is 0.491 e. The molecular formula is C26H21Cl3F3N3O7S. The SMILES string of the molecule is O=C(NCC1CCOCC1)c1ccc(Oc2ncc(Cl)cc2NS(=O)(=O)c2ccc(Cl)c(Cl)c2)cc1OC(=O)C(F)(F)F. The largest absolute Gasteiger partial charge is 0.491 e. The minimum Gasteiger partial charge on any atom is -0.437 e. The van der Waals surface area contributed by atoms with Crippen LogP contribution in [-0.2, 0) is 19.6 Å². The van der Waals surface area contributed by atoms with Gasteiger partial charge in [0.25, 0.3) is 15.9 Å². The molecule has 0 atom stereocenters. The molecular weight excluding hydrogens is 662 g/mol. The molecule has 1 fully saturated rings. The number of alkyl halides is 3. The first-order valence-corrected chi connectivity index (χ1v) is 14.9. The number of rotatable bonds is 9. The molecule has 2 aromatic carbocycles. The number of nitrogens with zero attached hydrogens (tertiary/aromatic N) is 1. The van der Waals surface area contributed by atoms with E-state index in [4.69, 9.17) is 44.3 Å². The van der Waals surface area contributed by atoms with Gasteiger partial charge in [-0.3, -0.25) is 9.52 Å². The van der Waals surface area contributed by atoms with Crippen LogP contribution in [0.5, 0.6) is 17.4 Å². The predicted molar refractivity (Wildman–Crippen MR) is 151 cm³/mol. The lowest BCUT2D eigenvalue weighted by Crippen LogP contribution is -2.33. The average Bonchev–Trinajstić information content (AvgIpc) is 2.94. The summed E-state index contributed by atoms with van der Waals surface area (Å²) in [5.41, 5.74) is -0.632. The van der Waals surface area contributed by atoms with Crippen molar-refractivity contribution in [3.8, 4) is 17.4 Å². The Labute approximate surface area is 258 Å². The fraction of sp³-hybridized carbons (Fsp3) is 0.269. The summed E-state index contributed by atoms with van der Waals surface area (Å²) in [4.78, 5) is 28.2. The first-order valence-electron chi connectivity index (χ1n) is 12.3. The zero-order chi connectivity index (χ0) is 31.4. The van der Waals surface area contributed by atoms with E-state index in [0.29, 0.717) is 26.1 Å². The molecule has 2 heterocycles. The Balaban J connectivity index is 1.62. The van der Waals surface area contributed by atoms with Gasteiger partial charge in [-0.25, -0.2) is 18.2 Å². The van der Waals surface area contributed by atoms with E-state index in [9.17, 15) is 31.2 Å². The second kappa shape index (κ2) is 13.6. The Hall–Kier alpha value is -3.30. The lowest BCUT2D eigenvalue weighted by atomic mass is 10.0. The van der Waals surface area contributed by atoms with Crippen LogP contribution >= 0.6 is 34.8 Å². The average molecular weight is 683 g/mol. The van der Waals surface area contributed by atoms with E-state index in [0.717, 1.165) is 24.4 Å². The molecule has 2 N–H and O–H groups in total. The first kappa shape index (κ1) is 32.6. The molecule has 4 rings (SSSR count). The van der Waals surface area contributed by atoms with Crippen molar-refractivity contribution in [2.75, 3.05) is 24.5 Å². The standard InChI is InChI=1S/C26H21Cl3F3N3O7S/c27-15-9-21(35-43(38,39)17-2-4-19(28)20(29)11-17)24(34-13-15)41-16-1-3-18(22(10-16)42-25(37)26(30,31)32)23(36)33-12-14-5-7-40-8-6-14/h1-4,9-11,13-14,35H,5-8,12H2,(H,33,36). The highest BCUT2D eigenvalue weighted by Crippen LogP contribution is 2.35. The molecule has 1 aliphatic heterocycles. The van der Waals surface area contributed by atoms with Gasteiger partial charge in [-0.2, -0.15) is 13.2 Å². The highest BCUT2D eigenvalue weighted by atomic mass is 35.5. The summed E-state index contributed by atoms with van der Waals surface area (Å²) in [5.74, 6) is -4.64. The minimum atomic E-state index is -5.36. The van der Waals surface area contributed by atoms with Crippen molar-refractivity contribution in [1.29, 1.82) is 0 Å². The maximum absolute atomic E-state index is 13.0. The zero-order valence-corrected chi connectivity index (χ0v) is 24.8. The Bertz CT molecular complexity index is 1640. The van der Waals surface area contributed by atoms with E-state index in [1.54, 1.807) is 0 Å². The van der Waals surface area contributed by atoms with Crippen molar-refractivity contribution in [2.45, 2.75) is 23.9 Å². The second-order valence-electron chi connectivity index (χ2n) is 9.10. The van der Waals surface area contributed by atoms with Crippen molar-refractivity contribution >= 4 is 62.4 Å². The number of ether oxygens (including phenoxy) is 3. The summed E-state index contributed by atoms with van der Waals surface area (Å²) >= 11 is 17.8. The smallest absolute Gasteiger partial charge is 0.437 e. The van der Waals surface area contributed by atoms with Gasteiger partial charge in [0.15, 0.2) is 0 Å². The molecule has 17 heteroatoms. The predicted octanol–water partition coefficient (Wildman–Crippen LogP) is 6.26. The Morgan fingerprint density at radius 3 is 2.42 bits per heavy atom. The summed E-state index contributed by atoms with van der Waals surface area (Å²) < 4.78 is 82.7. The summed E-state index contributed by atoms with van der Waals surface area (Å²) in [6, 6.07) is 7.89. The Morgan fingerprint density at radius 1 is 1.02 bits per heavy atom. The molecule has 1 saturated heterocycles. The van der Waals surface area contributed by atoms with Crippen LogP contribution in [0.2, 0.25) is 15.1 Å². The lowest BCUT2D eigenvalue weighted by molar-refractivity contribution is -0.189. The third-order valence-corrected chi connectivity index (χ3v) is 8.31. The molecule has 43 heavy (non-hydrogen) atoms. The van der Waals surface area contributed by atoms with E-state index in [-0.39, 0.29) is 55.3 Å². The number of pyridine rings is 1. The molecule has 3 aromatic rings. The molecule has 230 valence electrons. The molecule has 1 aromatic heterocycles. The third kappa shape index (κ3) is 8.63. The van der Waals surface area contributed by atoms with Gasteiger partial charge in [0.05, 0.1) is 25.5 Å². The van der Waals surface area contributed by atoms with Crippen LogP contribution in [0.3, 0.4) is 0 Å². The van der Waals surface area contributed by atoms with Gasteiger partial charge in [-0.05, 0) is 55.2 Å². The van der Waals surface area contributed by atoms with Gasteiger partial charge in [0.1, 0.15) is 17.2 Å². The molecule has 0 bridgehead atoms. The number of hydrogen-bond donors (Lipinski definition) is 2. The number of amides is 1. The van der Waals surface area contributed by atoms with Crippen molar-refractivity contribution in [3.63, 3.8) is 0 Å². The molecule has 0 radical (unpaired) electrons. The molecule has 0 spiro atoms. The summed E-state index contributed by atoms with van der Waals surface area (Å²) in [6.45, 7) is 1.26. The number of anilines is 1. The Kier molecular flexibility index (Phi) is 10.3. The summed E-state index contributed by atoms with van der Waals surface area (Å²) in [7, 11) is -4.29. The van der Waals surface area contributed by atoms with Crippen LogP contribution in [-0.4, -0.2) is 51.2 Å². The fourth-order valence-corrected chi connectivity index (χ4v) is 5.41. The number of halogens is 6. The van der Waals surface area contributed by atoms with Gasteiger partial charge < -0.3 is 19.5 Å². The van der Waals surface area contributed by atoms with E-state index >= 15 is 0 Å². The van der Waals surface area contributed by atoms with Crippen LogP contribution < -0.4 is 19.5 Å². The van der Waals surface area contributed by atoms with Crippen LogP contribution in [0.1, 0.15) is 23.2 Å². The van der Waals surface area contributed by atoms with Crippen molar-refractivity contribution in [2.24, 2.45) is 5.92 Å². The minimum absolute atomic E-state index is 0.00975. The number of aromatic nitrogens is 1. The van der Waals surface area contributed by atoms with Gasteiger partial charge in [0, 0.05) is 32.0 Å². The molecule has 1 aliphatic rings. The van der Waals surface area contributed by atoms with Crippen molar-refractivity contribution < 1.29 is 45.4 Å². The topological polar surface area (TPSA) is 133 Å². The number of sulfonamides is 1. The quantitative estimate of drug-likeness (QED) is 0.200. The number of hydrogen-bond acceptors (Lipinski definition) is 8. The van der Waals surface area contributed by atoms with Crippen LogP contribution in [0.25, 0.3) is 0 Å². The highest BCUT2D eigenvalue weighted by molar-refractivity contribution is 7.92. The molecule has 0 unspecified atom stereocenters. The number of carbonyl (C=O) groups excluding carboxylic acids is 2. The molecule has 0 saturated carbocycles. The third-order valence-electron chi connectivity index (χ3n) is 6.00.